The van der Waals surface area contributed by atoms with E-state index in [1.807, 2.05) is 0 Å². The van der Waals surface area contributed by atoms with Gasteiger partial charge in [-0.25, -0.2) is 0 Å². The average molecular weight is 209 g/mol. The van der Waals surface area contributed by atoms with E-state index >= 15 is 0 Å². The molecule has 0 radical (unpaired) electrons. The number of ether oxygens (including phenoxy) is 2. The van der Waals surface area contributed by atoms with Crippen LogP contribution in [0.3, 0.4) is 0 Å². The highest BCUT2D eigenvalue weighted by molar-refractivity contribution is 5.01. The first-order valence-electron chi connectivity index (χ1n) is 5.56. The van der Waals surface area contributed by atoms with Crippen molar-refractivity contribution in [3.05, 3.63) is 11.6 Å². The molecular weight excluding hydrogens is 194 g/mol. The van der Waals surface area contributed by atoms with Gasteiger partial charge in [0.05, 0.1) is 6.61 Å². The van der Waals surface area contributed by atoms with Crippen LogP contribution in [0.15, 0.2) is 0 Å². The first kappa shape index (κ1) is 9.30. The van der Waals surface area contributed by atoms with Crippen LogP contribution < -0.4 is 0 Å². The Labute approximate surface area is 88.4 Å². The quantitative estimate of drug-likeness (QED) is 0.693. The van der Waals surface area contributed by atoms with Crippen molar-refractivity contribution in [1.29, 1.82) is 0 Å². The minimum Gasteiger partial charge on any atom is -0.372 e. The number of rotatable bonds is 1. The van der Waals surface area contributed by atoms with E-state index in [2.05, 4.69) is 14.8 Å². The zero-order valence-corrected chi connectivity index (χ0v) is 8.69. The zero-order valence-electron chi connectivity index (χ0n) is 8.69. The highest BCUT2D eigenvalue weighted by atomic mass is 16.5. The van der Waals surface area contributed by atoms with Gasteiger partial charge in [-0.1, -0.05) is 0 Å². The monoisotopic (exact) mass is 209 g/mol. The van der Waals surface area contributed by atoms with Crippen LogP contribution >= 0.6 is 0 Å². The van der Waals surface area contributed by atoms with Gasteiger partial charge in [0.25, 0.3) is 0 Å². The van der Waals surface area contributed by atoms with E-state index in [4.69, 9.17) is 9.47 Å². The van der Waals surface area contributed by atoms with Crippen LogP contribution in [0.1, 0.15) is 37.0 Å². The van der Waals surface area contributed by atoms with Gasteiger partial charge in [-0.2, -0.15) is 0 Å². The summed E-state index contributed by atoms with van der Waals surface area (Å²) in [5.41, 5.74) is 0. The van der Waals surface area contributed by atoms with E-state index in [0.29, 0.717) is 6.61 Å². The molecule has 1 saturated heterocycles. The SMILES string of the molecule is C1CCC(c2nnc3n2CCOC3)OC1. The van der Waals surface area contributed by atoms with Crippen molar-refractivity contribution >= 4 is 0 Å². The molecule has 0 amide bonds. The molecule has 1 aromatic rings. The minimum atomic E-state index is 0.151. The van der Waals surface area contributed by atoms with Crippen molar-refractivity contribution in [2.75, 3.05) is 13.2 Å². The fraction of sp³-hybridized carbons (Fsp3) is 0.800. The Morgan fingerprint density at radius 3 is 3.07 bits per heavy atom. The smallest absolute Gasteiger partial charge is 0.162 e. The van der Waals surface area contributed by atoms with Gasteiger partial charge in [-0.3, -0.25) is 0 Å². The van der Waals surface area contributed by atoms with E-state index in [1.165, 1.54) is 12.8 Å². The van der Waals surface area contributed by atoms with Crippen molar-refractivity contribution in [3.8, 4) is 0 Å². The molecule has 1 fully saturated rings. The molecule has 1 atom stereocenters. The van der Waals surface area contributed by atoms with Gasteiger partial charge in [0.2, 0.25) is 0 Å². The van der Waals surface area contributed by atoms with Gasteiger partial charge in [0.1, 0.15) is 12.7 Å². The Hall–Kier alpha value is -0.940. The molecular formula is C10H15N3O2. The van der Waals surface area contributed by atoms with Crippen molar-refractivity contribution in [2.45, 2.75) is 38.5 Å². The lowest BCUT2D eigenvalue weighted by atomic mass is 10.1. The van der Waals surface area contributed by atoms with E-state index in [1.54, 1.807) is 0 Å². The number of nitrogens with zero attached hydrogens (tertiary/aromatic N) is 3. The zero-order chi connectivity index (χ0) is 10.1. The summed E-state index contributed by atoms with van der Waals surface area (Å²) in [6.45, 7) is 3.05. The second kappa shape index (κ2) is 3.90. The molecule has 0 spiro atoms. The molecule has 2 aliphatic rings. The number of aromatic nitrogens is 3. The van der Waals surface area contributed by atoms with Crippen LogP contribution in [-0.2, 0) is 22.6 Å². The van der Waals surface area contributed by atoms with E-state index < -0.39 is 0 Å². The fourth-order valence-corrected chi connectivity index (χ4v) is 2.20. The summed E-state index contributed by atoms with van der Waals surface area (Å²) in [6, 6.07) is 0. The van der Waals surface area contributed by atoms with Crippen LogP contribution in [-0.4, -0.2) is 28.0 Å². The number of fused-ring (bicyclic) bond motifs is 1. The molecule has 3 rings (SSSR count). The summed E-state index contributed by atoms with van der Waals surface area (Å²) in [6.07, 6.45) is 3.61. The van der Waals surface area contributed by atoms with E-state index in [0.717, 1.165) is 37.8 Å². The molecule has 1 unspecified atom stereocenters. The molecule has 82 valence electrons. The third kappa shape index (κ3) is 1.66. The summed E-state index contributed by atoms with van der Waals surface area (Å²) in [7, 11) is 0. The van der Waals surface area contributed by atoms with E-state index in [-0.39, 0.29) is 6.10 Å². The van der Waals surface area contributed by atoms with Crippen LogP contribution in [0.25, 0.3) is 0 Å². The summed E-state index contributed by atoms with van der Waals surface area (Å²) in [5, 5.41) is 8.37. The number of hydrogen-bond donors (Lipinski definition) is 0. The molecule has 0 bridgehead atoms. The molecule has 0 aliphatic carbocycles. The van der Waals surface area contributed by atoms with Crippen molar-refractivity contribution < 1.29 is 9.47 Å². The number of hydrogen-bond acceptors (Lipinski definition) is 4. The second-order valence-electron chi connectivity index (χ2n) is 4.03. The third-order valence-corrected chi connectivity index (χ3v) is 3.01. The second-order valence-corrected chi connectivity index (χ2v) is 4.03. The molecule has 0 aromatic carbocycles. The Bertz CT molecular complexity index is 344. The fourth-order valence-electron chi connectivity index (χ4n) is 2.20. The topological polar surface area (TPSA) is 49.2 Å². The molecule has 2 aliphatic heterocycles. The van der Waals surface area contributed by atoms with Gasteiger partial charge in [0, 0.05) is 13.2 Å². The molecule has 0 saturated carbocycles. The summed E-state index contributed by atoms with van der Waals surface area (Å²) < 4.78 is 13.2. The Balaban J connectivity index is 1.87. The highest BCUT2D eigenvalue weighted by Crippen LogP contribution is 2.27. The van der Waals surface area contributed by atoms with Crippen molar-refractivity contribution in [1.82, 2.24) is 14.8 Å². The first-order valence-corrected chi connectivity index (χ1v) is 5.56. The van der Waals surface area contributed by atoms with Gasteiger partial charge in [-0.05, 0) is 19.3 Å². The molecule has 15 heavy (non-hydrogen) atoms. The highest BCUT2D eigenvalue weighted by Gasteiger charge is 2.25. The van der Waals surface area contributed by atoms with Gasteiger partial charge < -0.3 is 14.0 Å². The Kier molecular flexibility index (Phi) is 2.42. The first-order chi connectivity index (χ1) is 7.45. The maximum Gasteiger partial charge on any atom is 0.162 e. The van der Waals surface area contributed by atoms with Crippen LogP contribution in [0.4, 0.5) is 0 Å². The molecule has 1 aromatic heterocycles. The lowest BCUT2D eigenvalue weighted by Gasteiger charge is -2.23. The maximum absolute atomic E-state index is 5.72. The normalized spacial score (nSPS) is 26.3. The summed E-state index contributed by atoms with van der Waals surface area (Å²) in [4.78, 5) is 0. The van der Waals surface area contributed by atoms with Gasteiger partial charge in [0.15, 0.2) is 11.6 Å². The molecule has 3 heterocycles. The predicted octanol–water partition coefficient (Wildman–Crippen LogP) is 1.05. The standard InChI is InChI=1S/C10H15N3O2/c1-2-5-15-8(3-1)10-12-11-9-7-14-6-4-13(9)10/h8H,1-7H2. The molecule has 5 heteroatoms. The van der Waals surface area contributed by atoms with Crippen molar-refractivity contribution in [3.63, 3.8) is 0 Å². The summed E-state index contributed by atoms with van der Waals surface area (Å²) >= 11 is 0. The van der Waals surface area contributed by atoms with Crippen LogP contribution in [0, 0.1) is 0 Å². The van der Waals surface area contributed by atoms with Crippen LogP contribution in [0.2, 0.25) is 0 Å². The van der Waals surface area contributed by atoms with Crippen molar-refractivity contribution in [2.24, 2.45) is 0 Å². The Morgan fingerprint density at radius 1 is 1.20 bits per heavy atom. The summed E-state index contributed by atoms with van der Waals surface area (Å²) in [5.74, 6) is 1.93. The van der Waals surface area contributed by atoms with Crippen LogP contribution in [0.5, 0.6) is 0 Å². The molecule has 5 nitrogen and oxygen atoms in total. The van der Waals surface area contributed by atoms with Gasteiger partial charge >= 0.3 is 0 Å². The minimum absolute atomic E-state index is 0.151. The third-order valence-electron chi connectivity index (χ3n) is 3.01. The predicted molar refractivity (Wildman–Crippen MR) is 52.2 cm³/mol. The lowest BCUT2D eigenvalue weighted by molar-refractivity contribution is 0.00380. The molecule has 0 N–H and O–H groups in total. The maximum atomic E-state index is 5.72. The van der Waals surface area contributed by atoms with E-state index in [9.17, 15) is 0 Å². The van der Waals surface area contributed by atoms with Gasteiger partial charge in [-0.15, -0.1) is 10.2 Å². The lowest BCUT2D eigenvalue weighted by Crippen LogP contribution is -2.22. The largest absolute Gasteiger partial charge is 0.372 e. The average Bonchev–Trinajstić information content (AvgIpc) is 2.74. The Morgan fingerprint density at radius 2 is 2.20 bits per heavy atom.